The van der Waals surface area contributed by atoms with E-state index in [2.05, 4.69) is 0 Å². The molecule has 2 aliphatic rings. The molecular weight excluding hydrogens is 272 g/mol. The van der Waals surface area contributed by atoms with E-state index in [9.17, 15) is 8.78 Å². The molecule has 2 fully saturated rings. The molecule has 1 heterocycles. The van der Waals surface area contributed by atoms with Crippen molar-refractivity contribution in [3.05, 3.63) is 35.4 Å². The number of hydrogen-bond donors (Lipinski definition) is 1. The highest BCUT2D eigenvalue weighted by atomic mass is 19.2. The van der Waals surface area contributed by atoms with Crippen molar-refractivity contribution in [2.24, 2.45) is 11.7 Å². The highest BCUT2D eigenvalue weighted by Gasteiger charge is 2.41. The number of nitrogens with two attached hydrogens (primary N) is 1. The van der Waals surface area contributed by atoms with Crippen LogP contribution in [-0.4, -0.2) is 18.2 Å². The summed E-state index contributed by atoms with van der Waals surface area (Å²) in [4.78, 5) is 0. The zero-order valence-corrected chi connectivity index (χ0v) is 12.3. The first kappa shape index (κ1) is 14.9. The van der Waals surface area contributed by atoms with Crippen LogP contribution in [0.3, 0.4) is 0 Å². The van der Waals surface area contributed by atoms with E-state index in [4.69, 9.17) is 10.5 Å². The molecule has 2 unspecified atom stereocenters. The largest absolute Gasteiger partial charge is 0.375 e. The molecule has 2 nitrogen and oxygen atoms in total. The van der Waals surface area contributed by atoms with Crippen LogP contribution in [0.5, 0.6) is 0 Å². The van der Waals surface area contributed by atoms with Gasteiger partial charge in [-0.15, -0.1) is 0 Å². The second-order valence-corrected chi connectivity index (χ2v) is 6.61. The molecule has 1 aromatic carbocycles. The molecule has 2 N–H and O–H groups in total. The van der Waals surface area contributed by atoms with E-state index in [1.54, 1.807) is 6.07 Å². The van der Waals surface area contributed by atoms with Crippen molar-refractivity contribution in [2.45, 2.75) is 56.6 Å². The molecule has 21 heavy (non-hydrogen) atoms. The first-order valence-corrected chi connectivity index (χ1v) is 7.91. The molecule has 1 aliphatic carbocycles. The second kappa shape index (κ2) is 6.01. The predicted molar refractivity (Wildman–Crippen MR) is 77.9 cm³/mol. The van der Waals surface area contributed by atoms with Crippen molar-refractivity contribution < 1.29 is 13.5 Å². The Labute approximate surface area is 124 Å². The van der Waals surface area contributed by atoms with Crippen molar-refractivity contribution in [2.75, 3.05) is 6.61 Å². The fraction of sp³-hybridized carbons (Fsp3) is 0.647. The zero-order chi connectivity index (χ0) is 14.9. The molecule has 1 aliphatic heterocycles. The van der Waals surface area contributed by atoms with Crippen LogP contribution in [0.2, 0.25) is 0 Å². The van der Waals surface area contributed by atoms with Crippen molar-refractivity contribution >= 4 is 0 Å². The Kier molecular flexibility index (Phi) is 4.27. The minimum atomic E-state index is -0.803. The van der Waals surface area contributed by atoms with Crippen LogP contribution in [0.15, 0.2) is 18.2 Å². The Bertz CT molecular complexity index is 500. The van der Waals surface area contributed by atoms with Gasteiger partial charge >= 0.3 is 0 Å². The average Bonchev–Trinajstić information content (AvgIpc) is 2.91. The van der Waals surface area contributed by atoms with Gasteiger partial charge in [-0.2, -0.15) is 0 Å². The number of benzene rings is 1. The smallest absolute Gasteiger partial charge is 0.159 e. The standard InChI is InChI=1S/C17H23F2NO/c18-14-4-3-12(9-15(14)19)10-16(20)13-5-8-21-17(11-13)6-1-2-7-17/h3-4,9,13,16H,1-2,5-8,10-11,20H2. The highest BCUT2D eigenvalue weighted by Crippen LogP contribution is 2.42. The number of rotatable bonds is 3. The topological polar surface area (TPSA) is 35.2 Å². The van der Waals surface area contributed by atoms with Gasteiger partial charge in [0, 0.05) is 12.6 Å². The third-order valence-electron chi connectivity index (χ3n) is 5.11. The van der Waals surface area contributed by atoms with E-state index in [0.29, 0.717) is 12.3 Å². The third-order valence-corrected chi connectivity index (χ3v) is 5.11. The molecule has 0 aromatic heterocycles. The van der Waals surface area contributed by atoms with Crippen molar-refractivity contribution in [3.8, 4) is 0 Å². The summed E-state index contributed by atoms with van der Waals surface area (Å²) in [7, 11) is 0. The Morgan fingerprint density at radius 3 is 2.71 bits per heavy atom. The molecule has 0 amide bonds. The SMILES string of the molecule is NC(Cc1ccc(F)c(F)c1)C1CCOC2(CCCC2)C1. The maximum Gasteiger partial charge on any atom is 0.159 e. The normalized spacial score (nSPS) is 26.1. The van der Waals surface area contributed by atoms with Gasteiger partial charge in [-0.25, -0.2) is 8.78 Å². The summed E-state index contributed by atoms with van der Waals surface area (Å²) < 4.78 is 32.3. The van der Waals surface area contributed by atoms with E-state index in [1.165, 1.54) is 25.0 Å². The molecule has 1 saturated heterocycles. The fourth-order valence-corrected chi connectivity index (χ4v) is 3.90. The van der Waals surface area contributed by atoms with Crippen LogP contribution >= 0.6 is 0 Å². The molecule has 1 spiro atoms. The van der Waals surface area contributed by atoms with Gasteiger partial charge in [0.2, 0.25) is 0 Å². The van der Waals surface area contributed by atoms with E-state index in [-0.39, 0.29) is 11.6 Å². The minimum absolute atomic E-state index is 0.0174. The maximum absolute atomic E-state index is 13.3. The summed E-state index contributed by atoms with van der Waals surface area (Å²) in [5, 5.41) is 0. The van der Waals surface area contributed by atoms with E-state index in [1.807, 2.05) is 0 Å². The van der Waals surface area contributed by atoms with Gasteiger partial charge in [0.05, 0.1) is 5.60 Å². The lowest BCUT2D eigenvalue weighted by atomic mass is 9.79. The van der Waals surface area contributed by atoms with Crippen molar-refractivity contribution in [1.82, 2.24) is 0 Å². The molecule has 3 rings (SSSR count). The van der Waals surface area contributed by atoms with Gasteiger partial charge in [0.25, 0.3) is 0 Å². The highest BCUT2D eigenvalue weighted by molar-refractivity contribution is 5.19. The van der Waals surface area contributed by atoms with Gasteiger partial charge in [0.1, 0.15) is 0 Å². The molecule has 0 radical (unpaired) electrons. The first-order valence-electron chi connectivity index (χ1n) is 7.91. The Morgan fingerprint density at radius 1 is 1.24 bits per heavy atom. The van der Waals surface area contributed by atoms with Gasteiger partial charge in [-0.05, 0) is 55.7 Å². The monoisotopic (exact) mass is 295 g/mol. The van der Waals surface area contributed by atoms with Crippen LogP contribution in [0.1, 0.15) is 44.1 Å². The average molecular weight is 295 g/mol. The molecule has 116 valence electrons. The number of hydrogen-bond acceptors (Lipinski definition) is 2. The predicted octanol–water partition coefficient (Wildman–Crippen LogP) is 3.57. The fourth-order valence-electron chi connectivity index (χ4n) is 3.90. The molecule has 1 saturated carbocycles. The summed E-state index contributed by atoms with van der Waals surface area (Å²) in [6, 6.07) is 4.05. The van der Waals surface area contributed by atoms with Crippen LogP contribution in [0.25, 0.3) is 0 Å². The third kappa shape index (κ3) is 3.27. The maximum atomic E-state index is 13.3. The molecule has 0 bridgehead atoms. The minimum Gasteiger partial charge on any atom is -0.375 e. The van der Waals surface area contributed by atoms with E-state index >= 15 is 0 Å². The van der Waals surface area contributed by atoms with Gasteiger partial charge < -0.3 is 10.5 Å². The summed E-state index contributed by atoms with van der Waals surface area (Å²) in [5.41, 5.74) is 7.17. The Morgan fingerprint density at radius 2 is 2.00 bits per heavy atom. The van der Waals surface area contributed by atoms with Gasteiger partial charge in [0.15, 0.2) is 11.6 Å². The molecule has 4 heteroatoms. The summed E-state index contributed by atoms with van der Waals surface area (Å²) in [6.45, 7) is 0.774. The Hall–Kier alpha value is -1.00. The van der Waals surface area contributed by atoms with Crippen LogP contribution in [0, 0.1) is 17.6 Å². The molecule has 2 atom stereocenters. The summed E-state index contributed by atoms with van der Waals surface area (Å²) >= 11 is 0. The van der Waals surface area contributed by atoms with Crippen molar-refractivity contribution in [1.29, 1.82) is 0 Å². The number of halogens is 2. The second-order valence-electron chi connectivity index (χ2n) is 6.61. The quantitative estimate of drug-likeness (QED) is 0.925. The molecular formula is C17H23F2NO. The lowest BCUT2D eigenvalue weighted by molar-refractivity contribution is -0.0960. The lowest BCUT2D eigenvalue weighted by Crippen LogP contribution is -2.44. The lowest BCUT2D eigenvalue weighted by Gasteiger charge is -2.40. The van der Waals surface area contributed by atoms with E-state index in [0.717, 1.165) is 37.9 Å². The van der Waals surface area contributed by atoms with Crippen LogP contribution in [-0.2, 0) is 11.2 Å². The van der Waals surface area contributed by atoms with E-state index < -0.39 is 11.6 Å². The van der Waals surface area contributed by atoms with Crippen LogP contribution < -0.4 is 5.73 Å². The summed E-state index contributed by atoms with van der Waals surface area (Å²) in [5.74, 6) is -1.19. The Balaban J connectivity index is 1.64. The van der Waals surface area contributed by atoms with Gasteiger partial charge in [-0.1, -0.05) is 18.9 Å². The van der Waals surface area contributed by atoms with Crippen LogP contribution in [0.4, 0.5) is 8.78 Å². The summed E-state index contributed by atoms with van der Waals surface area (Å²) in [6.07, 6.45) is 7.33. The number of ether oxygens (including phenoxy) is 1. The zero-order valence-electron chi connectivity index (χ0n) is 12.3. The molecule has 1 aromatic rings. The van der Waals surface area contributed by atoms with Gasteiger partial charge in [-0.3, -0.25) is 0 Å². The first-order chi connectivity index (χ1) is 10.1. The van der Waals surface area contributed by atoms with Crippen molar-refractivity contribution in [3.63, 3.8) is 0 Å².